The summed E-state index contributed by atoms with van der Waals surface area (Å²) in [6, 6.07) is 11.5. The molecule has 1 heterocycles. The lowest BCUT2D eigenvalue weighted by molar-refractivity contribution is 0.163. The van der Waals surface area contributed by atoms with Gasteiger partial charge in [-0.2, -0.15) is 0 Å². The molecule has 0 fully saturated rings. The van der Waals surface area contributed by atoms with E-state index < -0.39 is 6.10 Å². The van der Waals surface area contributed by atoms with Crippen molar-refractivity contribution >= 4 is 0 Å². The van der Waals surface area contributed by atoms with Crippen LogP contribution < -0.4 is 9.47 Å². The Morgan fingerprint density at radius 1 is 1.13 bits per heavy atom. The molecule has 2 rings (SSSR count). The Kier molecular flexibility index (Phi) is 6.41. The highest BCUT2D eigenvalue weighted by Gasteiger charge is 2.11. The van der Waals surface area contributed by atoms with Crippen molar-refractivity contribution in [2.45, 2.75) is 45.8 Å². The first-order valence-electron chi connectivity index (χ1n) is 8.11. The Morgan fingerprint density at radius 2 is 1.96 bits per heavy atom. The topological polar surface area (TPSA) is 51.6 Å². The molecule has 1 atom stereocenters. The lowest BCUT2D eigenvalue weighted by atomic mass is 10.0. The predicted molar refractivity (Wildman–Crippen MR) is 90.9 cm³/mol. The third-order valence-electron chi connectivity index (χ3n) is 3.41. The predicted octanol–water partition coefficient (Wildman–Crippen LogP) is 3.93. The minimum Gasteiger partial charge on any atom is -0.490 e. The molecule has 4 heteroatoms. The number of aliphatic hydroxyl groups excluding tert-OH is 1. The quantitative estimate of drug-likeness (QED) is 0.802. The number of aliphatic hydroxyl groups is 1. The van der Waals surface area contributed by atoms with Crippen LogP contribution in [0.15, 0.2) is 42.6 Å². The van der Waals surface area contributed by atoms with Gasteiger partial charge >= 0.3 is 0 Å². The van der Waals surface area contributed by atoms with Crippen LogP contribution >= 0.6 is 0 Å². The number of rotatable bonds is 8. The van der Waals surface area contributed by atoms with Crippen LogP contribution in [-0.2, 0) is 6.42 Å². The molecule has 0 bridgehead atoms. The van der Waals surface area contributed by atoms with Crippen molar-refractivity contribution in [3.63, 3.8) is 0 Å². The summed E-state index contributed by atoms with van der Waals surface area (Å²) in [7, 11) is 0. The van der Waals surface area contributed by atoms with E-state index in [1.54, 1.807) is 6.20 Å². The summed E-state index contributed by atoms with van der Waals surface area (Å²) in [6.07, 6.45) is 2.61. The van der Waals surface area contributed by atoms with E-state index >= 15 is 0 Å². The Bertz CT molecular complexity index is 599. The second-order valence-corrected chi connectivity index (χ2v) is 5.69. The van der Waals surface area contributed by atoms with Crippen LogP contribution in [0.25, 0.3) is 0 Å². The van der Waals surface area contributed by atoms with E-state index in [0.717, 1.165) is 23.5 Å². The Labute approximate surface area is 138 Å². The van der Waals surface area contributed by atoms with Crippen LogP contribution in [0.2, 0.25) is 0 Å². The van der Waals surface area contributed by atoms with Crippen LogP contribution in [-0.4, -0.2) is 22.8 Å². The third-order valence-corrected chi connectivity index (χ3v) is 3.41. The normalized spacial score (nSPS) is 12.2. The second-order valence-electron chi connectivity index (χ2n) is 5.69. The van der Waals surface area contributed by atoms with Crippen molar-refractivity contribution in [3.05, 3.63) is 53.9 Å². The van der Waals surface area contributed by atoms with E-state index in [1.807, 2.05) is 57.2 Å². The Hall–Kier alpha value is -2.07. The highest BCUT2D eigenvalue weighted by molar-refractivity contribution is 5.43. The summed E-state index contributed by atoms with van der Waals surface area (Å²) in [5, 5.41) is 10.2. The van der Waals surface area contributed by atoms with Gasteiger partial charge in [0.2, 0.25) is 0 Å². The fourth-order valence-electron chi connectivity index (χ4n) is 2.35. The van der Waals surface area contributed by atoms with Crippen LogP contribution in [0.3, 0.4) is 0 Å². The minimum absolute atomic E-state index is 0.103. The molecule has 23 heavy (non-hydrogen) atoms. The standard InChI is InChI=1S/C19H25NO3/c1-4-22-19-13-15(9-11-18(19)23-14(2)3)8-10-17(21)16-7-5-6-12-20-16/h5-7,9,11-14,17,21H,4,8,10H2,1-3H3. The van der Waals surface area contributed by atoms with Gasteiger partial charge in [0.05, 0.1) is 24.5 Å². The van der Waals surface area contributed by atoms with Crippen molar-refractivity contribution in [2.75, 3.05) is 6.61 Å². The summed E-state index contributed by atoms with van der Waals surface area (Å²) >= 11 is 0. The molecule has 0 radical (unpaired) electrons. The maximum atomic E-state index is 10.2. The van der Waals surface area contributed by atoms with Crippen LogP contribution in [0.4, 0.5) is 0 Å². The van der Waals surface area contributed by atoms with Gasteiger partial charge in [0.25, 0.3) is 0 Å². The lowest BCUT2D eigenvalue weighted by Gasteiger charge is -2.16. The maximum Gasteiger partial charge on any atom is 0.161 e. The first kappa shape index (κ1) is 17.3. The van der Waals surface area contributed by atoms with Gasteiger partial charge in [-0.15, -0.1) is 0 Å². The average molecular weight is 315 g/mol. The smallest absolute Gasteiger partial charge is 0.161 e. The molecule has 1 unspecified atom stereocenters. The molecule has 2 aromatic rings. The Balaban J connectivity index is 2.03. The van der Waals surface area contributed by atoms with E-state index in [1.165, 1.54) is 0 Å². The van der Waals surface area contributed by atoms with Gasteiger partial charge in [-0.1, -0.05) is 12.1 Å². The molecule has 0 aliphatic heterocycles. The van der Waals surface area contributed by atoms with Gasteiger partial charge in [-0.05, 0) is 63.4 Å². The molecule has 1 aromatic carbocycles. The molecule has 0 saturated heterocycles. The average Bonchev–Trinajstić information content (AvgIpc) is 2.55. The summed E-state index contributed by atoms with van der Waals surface area (Å²) in [5.74, 6) is 1.52. The number of nitrogens with zero attached hydrogens (tertiary/aromatic N) is 1. The van der Waals surface area contributed by atoms with E-state index in [2.05, 4.69) is 4.98 Å². The van der Waals surface area contributed by atoms with Crippen molar-refractivity contribution in [2.24, 2.45) is 0 Å². The molecule has 0 amide bonds. The molecule has 124 valence electrons. The van der Waals surface area contributed by atoms with Crippen molar-refractivity contribution in [3.8, 4) is 11.5 Å². The molecule has 0 saturated carbocycles. The summed E-state index contributed by atoms with van der Waals surface area (Å²) in [6.45, 7) is 6.53. The SMILES string of the molecule is CCOc1cc(CCC(O)c2ccccn2)ccc1OC(C)C. The molecule has 0 aliphatic carbocycles. The first-order chi connectivity index (χ1) is 11.1. The van der Waals surface area contributed by atoms with Gasteiger partial charge < -0.3 is 14.6 Å². The molecule has 0 spiro atoms. The highest BCUT2D eigenvalue weighted by Crippen LogP contribution is 2.30. The van der Waals surface area contributed by atoms with Gasteiger partial charge in [0.15, 0.2) is 11.5 Å². The van der Waals surface area contributed by atoms with Gasteiger partial charge in [0, 0.05) is 6.20 Å². The monoisotopic (exact) mass is 315 g/mol. The lowest BCUT2D eigenvalue weighted by Crippen LogP contribution is -2.08. The zero-order valence-corrected chi connectivity index (χ0v) is 14.0. The van der Waals surface area contributed by atoms with E-state index in [9.17, 15) is 5.11 Å². The number of ether oxygens (including phenoxy) is 2. The van der Waals surface area contributed by atoms with Crippen molar-refractivity contribution in [1.82, 2.24) is 4.98 Å². The fraction of sp³-hybridized carbons (Fsp3) is 0.421. The van der Waals surface area contributed by atoms with Crippen molar-refractivity contribution in [1.29, 1.82) is 0 Å². The molecular formula is C19H25NO3. The molecule has 1 N–H and O–H groups in total. The number of hydrogen-bond acceptors (Lipinski definition) is 4. The third kappa shape index (κ3) is 5.25. The number of aryl methyl sites for hydroxylation is 1. The van der Waals surface area contributed by atoms with E-state index in [-0.39, 0.29) is 6.10 Å². The molecule has 4 nitrogen and oxygen atoms in total. The Morgan fingerprint density at radius 3 is 2.61 bits per heavy atom. The van der Waals surface area contributed by atoms with Gasteiger partial charge in [0.1, 0.15) is 0 Å². The number of hydrogen-bond donors (Lipinski definition) is 1. The zero-order valence-electron chi connectivity index (χ0n) is 14.0. The summed E-state index contributed by atoms with van der Waals surface area (Å²) in [4.78, 5) is 4.19. The number of pyridine rings is 1. The largest absolute Gasteiger partial charge is 0.490 e. The van der Waals surface area contributed by atoms with Crippen molar-refractivity contribution < 1.29 is 14.6 Å². The molecular weight excluding hydrogens is 290 g/mol. The van der Waals surface area contributed by atoms with Crippen LogP contribution in [0, 0.1) is 0 Å². The summed E-state index contributed by atoms with van der Waals surface area (Å²) in [5.41, 5.74) is 1.82. The number of benzene rings is 1. The van der Waals surface area contributed by atoms with Crippen LogP contribution in [0.5, 0.6) is 11.5 Å². The minimum atomic E-state index is -0.557. The van der Waals surface area contributed by atoms with E-state index in [4.69, 9.17) is 9.47 Å². The van der Waals surface area contributed by atoms with E-state index in [0.29, 0.717) is 18.7 Å². The van der Waals surface area contributed by atoms with Gasteiger partial charge in [-0.25, -0.2) is 0 Å². The second kappa shape index (κ2) is 8.53. The number of aromatic nitrogens is 1. The fourth-order valence-corrected chi connectivity index (χ4v) is 2.35. The van der Waals surface area contributed by atoms with Crippen LogP contribution in [0.1, 0.15) is 44.6 Å². The summed E-state index contributed by atoms with van der Waals surface area (Å²) < 4.78 is 11.4. The highest BCUT2D eigenvalue weighted by atomic mass is 16.5. The maximum absolute atomic E-state index is 10.2. The van der Waals surface area contributed by atoms with Gasteiger partial charge in [-0.3, -0.25) is 4.98 Å². The molecule has 1 aromatic heterocycles. The molecule has 0 aliphatic rings. The zero-order chi connectivity index (χ0) is 16.7. The first-order valence-corrected chi connectivity index (χ1v) is 8.11.